The molecule has 2 fully saturated rings. The lowest BCUT2D eigenvalue weighted by atomic mass is 9.68. The highest BCUT2D eigenvalue weighted by molar-refractivity contribution is 9.10. The van der Waals surface area contributed by atoms with Crippen LogP contribution in [0, 0.1) is 17.8 Å². The van der Waals surface area contributed by atoms with Crippen molar-refractivity contribution in [1.82, 2.24) is 0 Å². The Balaban J connectivity index is 1.57. The van der Waals surface area contributed by atoms with Gasteiger partial charge in [0.25, 0.3) is 0 Å². The molecule has 2 aromatic rings. The molecule has 1 aliphatic heterocycles. The number of halogens is 1. The SMILES string of the molecule is COC(=O)c1ccc([C@@H]2Nc3c(Br)cccc3[C@@H]3[C@H]4CC[C@@H](C4)[C@H]32)cc1. The fraction of sp³-hybridized carbons (Fsp3) is 0.409. The number of para-hydroxylation sites is 1. The highest BCUT2D eigenvalue weighted by atomic mass is 79.9. The number of rotatable bonds is 2. The topological polar surface area (TPSA) is 38.3 Å². The number of anilines is 1. The molecule has 1 N–H and O–H groups in total. The number of ether oxygens (including phenoxy) is 1. The van der Waals surface area contributed by atoms with E-state index in [9.17, 15) is 4.79 Å². The van der Waals surface area contributed by atoms with Crippen molar-refractivity contribution in [3.63, 3.8) is 0 Å². The molecule has 5 rings (SSSR count). The number of nitrogens with one attached hydrogen (secondary N) is 1. The largest absolute Gasteiger partial charge is 0.465 e. The Bertz CT molecular complexity index is 863. The first kappa shape index (κ1) is 16.4. The van der Waals surface area contributed by atoms with E-state index in [1.807, 2.05) is 12.1 Å². The predicted molar refractivity (Wildman–Crippen MR) is 105 cm³/mol. The normalized spacial score (nSPS) is 31.1. The van der Waals surface area contributed by atoms with Gasteiger partial charge in [-0.25, -0.2) is 4.79 Å². The Kier molecular flexibility index (Phi) is 3.85. The number of esters is 1. The van der Waals surface area contributed by atoms with Crippen LogP contribution in [0.25, 0.3) is 0 Å². The Labute approximate surface area is 162 Å². The molecule has 3 nitrogen and oxygen atoms in total. The first-order valence-corrected chi connectivity index (χ1v) is 10.2. The van der Waals surface area contributed by atoms with Crippen molar-refractivity contribution in [2.45, 2.75) is 31.2 Å². The summed E-state index contributed by atoms with van der Waals surface area (Å²) < 4.78 is 5.98. The number of methoxy groups -OCH3 is 1. The molecule has 5 atom stereocenters. The maximum Gasteiger partial charge on any atom is 0.337 e. The minimum absolute atomic E-state index is 0.279. The second-order valence-electron chi connectivity index (χ2n) is 7.88. The summed E-state index contributed by atoms with van der Waals surface area (Å²) in [7, 11) is 1.42. The number of hydrogen-bond donors (Lipinski definition) is 1. The quantitative estimate of drug-likeness (QED) is 0.659. The van der Waals surface area contributed by atoms with Gasteiger partial charge in [0.15, 0.2) is 0 Å². The summed E-state index contributed by atoms with van der Waals surface area (Å²) in [4.78, 5) is 11.8. The third-order valence-electron chi connectivity index (χ3n) is 6.76. The fourth-order valence-corrected chi connectivity index (χ4v) is 6.25. The van der Waals surface area contributed by atoms with Gasteiger partial charge in [0, 0.05) is 4.47 Å². The zero-order chi connectivity index (χ0) is 17.8. The van der Waals surface area contributed by atoms with E-state index in [1.165, 1.54) is 43.2 Å². The number of carbonyl (C=O) groups is 1. The summed E-state index contributed by atoms with van der Waals surface area (Å²) in [6.07, 6.45) is 4.08. The van der Waals surface area contributed by atoms with Gasteiger partial charge in [-0.05, 0) is 88.2 Å². The number of hydrogen-bond acceptors (Lipinski definition) is 3. The minimum atomic E-state index is -0.279. The van der Waals surface area contributed by atoms with Crippen LogP contribution in [-0.2, 0) is 4.74 Å². The summed E-state index contributed by atoms with van der Waals surface area (Å²) in [5.41, 5.74) is 4.61. The van der Waals surface area contributed by atoms with Crippen LogP contribution >= 0.6 is 15.9 Å². The summed E-state index contributed by atoms with van der Waals surface area (Å²) in [6.45, 7) is 0. The molecule has 4 heteroatoms. The summed E-state index contributed by atoms with van der Waals surface area (Å²) in [5.74, 6) is 2.62. The van der Waals surface area contributed by atoms with Crippen molar-refractivity contribution in [1.29, 1.82) is 0 Å². The van der Waals surface area contributed by atoms with Crippen LogP contribution in [0.3, 0.4) is 0 Å². The second-order valence-corrected chi connectivity index (χ2v) is 8.73. The van der Waals surface area contributed by atoms with Gasteiger partial charge in [-0.3, -0.25) is 0 Å². The molecule has 0 aromatic heterocycles. The third kappa shape index (κ3) is 2.34. The van der Waals surface area contributed by atoms with E-state index in [-0.39, 0.29) is 5.97 Å². The highest BCUT2D eigenvalue weighted by Gasteiger charge is 2.53. The van der Waals surface area contributed by atoms with E-state index < -0.39 is 0 Å². The number of carbonyl (C=O) groups excluding carboxylic acids is 1. The molecule has 0 unspecified atom stereocenters. The van der Waals surface area contributed by atoms with E-state index in [4.69, 9.17) is 4.74 Å². The van der Waals surface area contributed by atoms with Gasteiger partial charge < -0.3 is 10.1 Å². The van der Waals surface area contributed by atoms with Crippen molar-refractivity contribution < 1.29 is 9.53 Å². The second kappa shape index (κ2) is 6.12. The molecule has 26 heavy (non-hydrogen) atoms. The Morgan fingerprint density at radius 2 is 1.88 bits per heavy atom. The van der Waals surface area contributed by atoms with Crippen LogP contribution in [0.2, 0.25) is 0 Å². The molecule has 0 amide bonds. The Morgan fingerprint density at radius 1 is 1.12 bits per heavy atom. The first-order valence-electron chi connectivity index (χ1n) is 9.40. The summed E-state index contributed by atoms with van der Waals surface area (Å²) >= 11 is 3.75. The molecule has 0 saturated heterocycles. The van der Waals surface area contributed by atoms with E-state index in [0.29, 0.717) is 23.4 Å². The maximum atomic E-state index is 11.8. The lowest BCUT2D eigenvalue weighted by Crippen LogP contribution is -2.35. The van der Waals surface area contributed by atoms with Gasteiger partial charge in [0.1, 0.15) is 0 Å². The molecule has 0 spiro atoms. The van der Waals surface area contributed by atoms with Crippen molar-refractivity contribution >= 4 is 27.6 Å². The third-order valence-corrected chi connectivity index (χ3v) is 7.42. The smallest absolute Gasteiger partial charge is 0.337 e. The van der Waals surface area contributed by atoms with Gasteiger partial charge in [-0.15, -0.1) is 0 Å². The summed E-state index contributed by atoms with van der Waals surface area (Å²) in [6, 6.07) is 14.9. The first-order chi connectivity index (χ1) is 12.7. The molecule has 134 valence electrons. The van der Waals surface area contributed by atoms with E-state index in [1.54, 1.807) is 0 Å². The van der Waals surface area contributed by atoms with Crippen LogP contribution < -0.4 is 5.32 Å². The van der Waals surface area contributed by atoms with Crippen LogP contribution in [-0.4, -0.2) is 13.1 Å². The Morgan fingerprint density at radius 3 is 2.65 bits per heavy atom. The molecule has 0 radical (unpaired) electrons. The van der Waals surface area contributed by atoms with Crippen LogP contribution in [0.15, 0.2) is 46.9 Å². The molecule has 3 aliphatic rings. The molecule has 2 saturated carbocycles. The average Bonchev–Trinajstić information content (AvgIpc) is 3.30. The molecular formula is C22H22BrNO2. The standard InChI is InChI=1S/C22H22BrNO2/c1-26-22(25)13-7-5-12(6-8-13)20-19-15-10-9-14(11-15)18(19)16-3-2-4-17(23)21(16)24-20/h2-8,14-15,18-20,24H,9-11H2,1H3/t14-,15-,18-,19+,20-/m0/s1. The predicted octanol–water partition coefficient (Wildman–Crippen LogP) is 5.53. The zero-order valence-electron chi connectivity index (χ0n) is 14.7. The fourth-order valence-electron chi connectivity index (χ4n) is 5.75. The van der Waals surface area contributed by atoms with E-state index >= 15 is 0 Å². The molecule has 2 aliphatic carbocycles. The molecule has 2 aromatic carbocycles. The lowest BCUT2D eigenvalue weighted by molar-refractivity contribution is 0.0600. The van der Waals surface area contributed by atoms with Gasteiger partial charge in [0.05, 0.1) is 24.4 Å². The van der Waals surface area contributed by atoms with E-state index in [2.05, 4.69) is 51.6 Å². The molecular weight excluding hydrogens is 390 g/mol. The van der Waals surface area contributed by atoms with Crippen molar-refractivity contribution in [3.8, 4) is 0 Å². The van der Waals surface area contributed by atoms with Gasteiger partial charge in [-0.2, -0.15) is 0 Å². The number of fused-ring (bicyclic) bond motifs is 7. The van der Waals surface area contributed by atoms with Crippen molar-refractivity contribution in [2.24, 2.45) is 17.8 Å². The minimum Gasteiger partial charge on any atom is -0.465 e. The van der Waals surface area contributed by atoms with Crippen molar-refractivity contribution in [3.05, 3.63) is 63.6 Å². The molecule has 1 heterocycles. The number of benzene rings is 2. The van der Waals surface area contributed by atoms with Crippen LogP contribution in [0.4, 0.5) is 5.69 Å². The monoisotopic (exact) mass is 411 g/mol. The maximum absolute atomic E-state index is 11.8. The zero-order valence-corrected chi connectivity index (χ0v) is 16.3. The van der Waals surface area contributed by atoms with Gasteiger partial charge in [-0.1, -0.05) is 24.3 Å². The van der Waals surface area contributed by atoms with Crippen molar-refractivity contribution in [2.75, 3.05) is 12.4 Å². The summed E-state index contributed by atoms with van der Waals surface area (Å²) in [5, 5.41) is 3.84. The Hall–Kier alpha value is -1.81. The van der Waals surface area contributed by atoms with Crippen LogP contribution in [0.5, 0.6) is 0 Å². The highest BCUT2D eigenvalue weighted by Crippen LogP contribution is 2.64. The van der Waals surface area contributed by atoms with Gasteiger partial charge >= 0.3 is 5.97 Å². The van der Waals surface area contributed by atoms with Crippen LogP contribution in [0.1, 0.15) is 52.7 Å². The van der Waals surface area contributed by atoms with E-state index in [0.717, 1.165) is 16.3 Å². The average molecular weight is 412 g/mol. The molecule has 2 bridgehead atoms. The lowest BCUT2D eigenvalue weighted by Gasteiger charge is -2.44. The van der Waals surface area contributed by atoms with Gasteiger partial charge in [0.2, 0.25) is 0 Å².